The quantitative estimate of drug-likeness (QED) is 0.904. The average molecular weight is 348 g/mol. The first-order valence-electron chi connectivity index (χ1n) is 7.29. The van der Waals surface area contributed by atoms with Crippen LogP contribution in [-0.4, -0.2) is 23.0 Å². The van der Waals surface area contributed by atoms with E-state index in [0.717, 1.165) is 17.7 Å². The number of alkyl halides is 3. The number of pyridine rings is 1. The molecular weight excluding hydrogens is 333 g/mol. The van der Waals surface area contributed by atoms with E-state index in [1.54, 1.807) is 31.5 Å². The lowest BCUT2D eigenvalue weighted by Crippen LogP contribution is -2.33. The van der Waals surface area contributed by atoms with E-state index >= 15 is 0 Å². The fraction of sp³-hybridized carbons (Fsp3) is 0.235. The van der Waals surface area contributed by atoms with Crippen molar-refractivity contribution in [3.63, 3.8) is 0 Å². The zero-order valence-corrected chi connectivity index (χ0v) is 13.5. The van der Waals surface area contributed by atoms with Gasteiger partial charge < -0.3 is 10.2 Å². The Morgan fingerprint density at radius 1 is 1.36 bits per heavy atom. The van der Waals surface area contributed by atoms with Crippen LogP contribution in [0.25, 0.3) is 0 Å². The van der Waals surface area contributed by atoms with Crippen molar-refractivity contribution < 1.29 is 18.0 Å². The zero-order valence-electron chi connectivity index (χ0n) is 13.5. The van der Waals surface area contributed by atoms with Crippen LogP contribution in [0.1, 0.15) is 29.7 Å². The number of halogens is 3. The number of aromatic nitrogens is 1. The van der Waals surface area contributed by atoms with Gasteiger partial charge in [-0.1, -0.05) is 6.07 Å². The second-order valence-electron chi connectivity index (χ2n) is 5.37. The molecule has 1 aromatic heterocycles. The molecule has 25 heavy (non-hydrogen) atoms. The number of benzene rings is 1. The van der Waals surface area contributed by atoms with Crippen LogP contribution in [0, 0.1) is 11.3 Å². The van der Waals surface area contributed by atoms with Gasteiger partial charge in [-0.25, -0.2) is 4.79 Å². The number of amides is 2. The van der Waals surface area contributed by atoms with Gasteiger partial charge >= 0.3 is 12.2 Å². The first kappa shape index (κ1) is 18.3. The molecule has 1 atom stereocenters. The van der Waals surface area contributed by atoms with E-state index in [4.69, 9.17) is 5.26 Å². The van der Waals surface area contributed by atoms with Crippen molar-refractivity contribution in [1.82, 2.24) is 9.88 Å². The lowest BCUT2D eigenvalue weighted by atomic mass is 10.1. The fourth-order valence-corrected chi connectivity index (χ4v) is 2.19. The largest absolute Gasteiger partial charge is 0.417 e. The Balaban J connectivity index is 2.19. The van der Waals surface area contributed by atoms with Crippen LogP contribution in [0.3, 0.4) is 0 Å². The van der Waals surface area contributed by atoms with Gasteiger partial charge in [0.25, 0.3) is 0 Å². The number of carbonyl (C=O) groups excluding carboxylic acids is 1. The van der Waals surface area contributed by atoms with Crippen molar-refractivity contribution in [3.05, 3.63) is 59.4 Å². The molecule has 1 N–H and O–H groups in total. The summed E-state index contributed by atoms with van der Waals surface area (Å²) in [6.45, 7) is 1.77. The molecule has 0 saturated heterocycles. The average Bonchev–Trinajstić information content (AvgIpc) is 2.60. The first-order valence-corrected chi connectivity index (χ1v) is 7.29. The molecule has 0 saturated carbocycles. The summed E-state index contributed by atoms with van der Waals surface area (Å²) in [5.41, 5.74) is -0.837. The summed E-state index contributed by atoms with van der Waals surface area (Å²) in [6.07, 6.45) is -1.47. The van der Waals surface area contributed by atoms with E-state index in [-0.39, 0.29) is 11.7 Å². The molecule has 1 aromatic carbocycles. The molecular formula is C17H15F3N4O. The smallest absolute Gasteiger partial charge is 0.321 e. The van der Waals surface area contributed by atoms with Crippen LogP contribution in [0.2, 0.25) is 0 Å². The predicted octanol–water partition coefficient (Wildman–Crippen LogP) is 4.20. The number of nitrogens with one attached hydrogen (secondary N) is 1. The van der Waals surface area contributed by atoms with E-state index in [1.165, 1.54) is 24.1 Å². The van der Waals surface area contributed by atoms with Gasteiger partial charge in [0.1, 0.15) is 0 Å². The Kier molecular flexibility index (Phi) is 5.27. The molecule has 0 spiro atoms. The molecule has 130 valence electrons. The monoisotopic (exact) mass is 348 g/mol. The van der Waals surface area contributed by atoms with Crippen LogP contribution in [-0.2, 0) is 6.18 Å². The summed E-state index contributed by atoms with van der Waals surface area (Å²) in [5, 5.41) is 11.2. The highest BCUT2D eigenvalue weighted by Crippen LogP contribution is 2.33. The van der Waals surface area contributed by atoms with Gasteiger partial charge in [-0.05, 0) is 36.8 Å². The van der Waals surface area contributed by atoms with Gasteiger partial charge in [0.15, 0.2) is 0 Å². The van der Waals surface area contributed by atoms with E-state index in [9.17, 15) is 18.0 Å². The number of hydrogen-bond acceptors (Lipinski definition) is 3. The minimum Gasteiger partial charge on any atom is -0.321 e. The number of anilines is 1. The second kappa shape index (κ2) is 7.21. The van der Waals surface area contributed by atoms with Crippen LogP contribution in [0.15, 0.2) is 42.7 Å². The topological polar surface area (TPSA) is 69.0 Å². The maximum Gasteiger partial charge on any atom is 0.417 e. The molecule has 1 heterocycles. The summed E-state index contributed by atoms with van der Waals surface area (Å²) in [5.74, 6) is 0. The highest BCUT2D eigenvalue weighted by Gasteiger charge is 2.34. The Labute approximate surface area is 142 Å². The maximum atomic E-state index is 13.0. The lowest BCUT2D eigenvalue weighted by Gasteiger charge is -2.25. The van der Waals surface area contributed by atoms with Crippen molar-refractivity contribution in [1.29, 1.82) is 5.26 Å². The standard InChI is InChI=1S/C17H15F3N4O/c1-11(13-4-3-7-22-10-13)24(2)16(25)23-14-6-5-12(9-21)15(8-14)17(18,19)20/h3-8,10-11H,1-2H3,(H,23,25). The molecule has 8 heteroatoms. The van der Waals surface area contributed by atoms with E-state index in [1.807, 2.05) is 0 Å². The molecule has 0 aliphatic rings. The molecule has 2 aromatic rings. The molecule has 5 nitrogen and oxygen atoms in total. The van der Waals surface area contributed by atoms with Gasteiger partial charge in [-0.2, -0.15) is 18.4 Å². The molecule has 1 unspecified atom stereocenters. The van der Waals surface area contributed by atoms with Gasteiger partial charge in [0.2, 0.25) is 0 Å². The number of carbonyl (C=O) groups is 1. The molecule has 2 amide bonds. The summed E-state index contributed by atoms with van der Waals surface area (Å²) in [4.78, 5) is 17.6. The highest BCUT2D eigenvalue weighted by molar-refractivity contribution is 5.89. The van der Waals surface area contributed by atoms with Crippen molar-refractivity contribution in [2.24, 2.45) is 0 Å². The third kappa shape index (κ3) is 4.26. The molecule has 0 aliphatic carbocycles. The second-order valence-corrected chi connectivity index (χ2v) is 5.37. The van der Waals surface area contributed by atoms with Gasteiger partial charge in [0.05, 0.1) is 23.2 Å². The van der Waals surface area contributed by atoms with Crippen LogP contribution < -0.4 is 5.32 Å². The van der Waals surface area contributed by atoms with Gasteiger partial charge in [-0.15, -0.1) is 0 Å². The molecule has 0 fully saturated rings. The SMILES string of the molecule is CC(c1cccnc1)N(C)C(=O)Nc1ccc(C#N)c(C(F)(F)F)c1. The summed E-state index contributed by atoms with van der Waals surface area (Å²) >= 11 is 0. The van der Waals surface area contributed by atoms with Crippen molar-refractivity contribution in [3.8, 4) is 6.07 Å². The first-order chi connectivity index (χ1) is 11.7. The van der Waals surface area contributed by atoms with E-state index in [0.29, 0.717) is 0 Å². The van der Waals surface area contributed by atoms with Crippen molar-refractivity contribution >= 4 is 11.7 Å². The van der Waals surface area contributed by atoms with E-state index in [2.05, 4.69) is 10.3 Å². The summed E-state index contributed by atoms with van der Waals surface area (Å²) in [6, 6.07) is 7.16. The Hall–Kier alpha value is -3.08. The Morgan fingerprint density at radius 2 is 2.08 bits per heavy atom. The minimum absolute atomic E-state index is 0.0402. The highest BCUT2D eigenvalue weighted by atomic mass is 19.4. The van der Waals surface area contributed by atoms with Crippen LogP contribution >= 0.6 is 0 Å². The van der Waals surface area contributed by atoms with Crippen LogP contribution in [0.4, 0.5) is 23.7 Å². The van der Waals surface area contributed by atoms with Crippen molar-refractivity contribution in [2.45, 2.75) is 19.1 Å². The predicted molar refractivity (Wildman–Crippen MR) is 85.6 cm³/mol. The number of nitrogens with zero attached hydrogens (tertiary/aromatic N) is 3. The summed E-state index contributed by atoms with van der Waals surface area (Å²) < 4.78 is 38.9. The Morgan fingerprint density at radius 3 is 2.64 bits per heavy atom. The summed E-state index contributed by atoms with van der Waals surface area (Å²) in [7, 11) is 1.53. The third-order valence-electron chi connectivity index (χ3n) is 3.76. The maximum absolute atomic E-state index is 13.0. The molecule has 0 radical (unpaired) electrons. The normalized spacial score (nSPS) is 12.2. The number of hydrogen-bond donors (Lipinski definition) is 1. The number of nitriles is 1. The van der Waals surface area contributed by atoms with Crippen molar-refractivity contribution in [2.75, 3.05) is 12.4 Å². The lowest BCUT2D eigenvalue weighted by molar-refractivity contribution is -0.137. The molecule has 0 bridgehead atoms. The molecule has 2 rings (SSSR count). The third-order valence-corrected chi connectivity index (χ3v) is 3.76. The number of urea groups is 1. The van der Waals surface area contributed by atoms with E-state index < -0.39 is 23.3 Å². The van der Waals surface area contributed by atoms with Gasteiger partial charge in [0, 0.05) is 25.1 Å². The zero-order chi connectivity index (χ0) is 18.6. The number of rotatable bonds is 3. The molecule has 0 aliphatic heterocycles. The van der Waals surface area contributed by atoms with Gasteiger partial charge in [-0.3, -0.25) is 4.98 Å². The Bertz CT molecular complexity index is 800. The minimum atomic E-state index is -4.68. The van der Waals surface area contributed by atoms with Crippen LogP contribution in [0.5, 0.6) is 0 Å². The fourth-order valence-electron chi connectivity index (χ4n) is 2.19.